The van der Waals surface area contributed by atoms with Gasteiger partial charge in [0.1, 0.15) is 11.7 Å². The van der Waals surface area contributed by atoms with E-state index < -0.39 is 17.6 Å². The third-order valence-corrected chi connectivity index (χ3v) is 5.59. The molecule has 1 aromatic heterocycles. The summed E-state index contributed by atoms with van der Waals surface area (Å²) in [5, 5.41) is 16.5. The van der Waals surface area contributed by atoms with Crippen molar-refractivity contribution in [2.75, 3.05) is 0 Å². The van der Waals surface area contributed by atoms with E-state index in [-0.39, 0.29) is 17.5 Å². The van der Waals surface area contributed by atoms with E-state index in [1.165, 1.54) is 0 Å². The summed E-state index contributed by atoms with van der Waals surface area (Å²) < 4.78 is 0. The lowest BCUT2D eigenvalue weighted by Crippen LogP contribution is -2.53. The minimum atomic E-state index is -0.628. The van der Waals surface area contributed by atoms with E-state index in [2.05, 4.69) is 28.8 Å². The normalized spacial score (nSPS) is 19.5. The highest BCUT2D eigenvalue weighted by Gasteiger charge is 2.29. The largest absolute Gasteiger partial charge is 0.388 e. The standard InChI is InChI=1S/C24H29N3O3/c1-7-24(5,6)21-17(12-19-23(30)25-14(4)22(29)27-19)16-10-15(8-9-18(16)26-21)11-20(28)13(2)3/h7-10,12,14,20,26,28H,1-2,11H2,3-6H3,(H,25,30)(H,27,29). The van der Waals surface area contributed by atoms with Crippen molar-refractivity contribution in [2.24, 2.45) is 0 Å². The number of aromatic amines is 1. The van der Waals surface area contributed by atoms with Crippen molar-refractivity contribution in [1.82, 2.24) is 15.6 Å². The predicted molar refractivity (Wildman–Crippen MR) is 120 cm³/mol. The lowest BCUT2D eigenvalue weighted by molar-refractivity contribution is -0.130. The van der Waals surface area contributed by atoms with Gasteiger partial charge in [-0.25, -0.2) is 0 Å². The molecule has 6 heteroatoms. The molecule has 30 heavy (non-hydrogen) atoms. The summed E-state index contributed by atoms with van der Waals surface area (Å²) in [5.74, 6) is -0.580. The van der Waals surface area contributed by atoms with E-state index in [9.17, 15) is 14.7 Å². The molecule has 1 aromatic carbocycles. The Morgan fingerprint density at radius 3 is 2.67 bits per heavy atom. The van der Waals surface area contributed by atoms with Gasteiger partial charge in [0, 0.05) is 34.0 Å². The van der Waals surface area contributed by atoms with Crippen LogP contribution in [0.25, 0.3) is 17.0 Å². The summed E-state index contributed by atoms with van der Waals surface area (Å²) in [6.45, 7) is 15.3. The number of hydrogen-bond acceptors (Lipinski definition) is 3. The SMILES string of the molecule is C=CC(C)(C)c1[nH]c2ccc(CC(O)C(=C)C)cc2c1C=C1NC(=O)C(C)NC1=O. The molecule has 1 fully saturated rings. The van der Waals surface area contributed by atoms with Gasteiger partial charge in [0.2, 0.25) is 5.91 Å². The molecular formula is C24H29N3O3. The van der Waals surface area contributed by atoms with Crippen LogP contribution in [0.4, 0.5) is 0 Å². The number of rotatable bonds is 6. The number of aliphatic hydroxyl groups is 1. The number of hydrogen-bond donors (Lipinski definition) is 4. The molecule has 0 aliphatic carbocycles. The number of nitrogens with one attached hydrogen (secondary N) is 3. The number of piperazine rings is 1. The number of benzene rings is 1. The number of allylic oxidation sites excluding steroid dienone is 1. The molecule has 6 nitrogen and oxygen atoms in total. The molecule has 1 saturated heterocycles. The Labute approximate surface area is 176 Å². The number of H-pyrrole nitrogens is 1. The molecule has 1 aliphatic rings. The molecule has 2 atom stereocenters. The summed E-state index contributed by atoms with van der Waals surface area (Å²) in [6.07, 6.45) is 3.36. The van der Waals surface area contributed by atoms with Gasteiger partial charge in [0.25, 0.3) is 5.91 Å². The van der Waals surface area contributed by atoms with E-state index in [0.717, 1.165) is 27.7 Å². The van der Waals surface area contributed by atoms with Gasteiger partial charge < -0.3 is 20.7 Å². The Morgan fingerprint density at radius 2 is 2.03 bits per heavy atom. The van der Waals surface area contributed by atoms with Crippen LogP contribution in [0, 0.1) is 0 Å². The number of fused-ring (bicyclic) bond motifs is 1. The van der Waals surface area contributed by atoms with Crippen LogP contribution in [0.15, 0.2) is 48.7 Å². The summed E-state index contributed by atoms with van der Waals surface area (Å²) in [7, 11) is 0. The fraction of sp³-hybridized carbons (Fsp3) is 0.333. The minimum Gasteiger partial charge on any atom is -0.388 e. The van der Waals surface area contributed by atoms with Crippen LogP contribution in [0.1, 0.15) is 44.5 Å². The van der Waals surface area contributed by atoms with Gasteiger partial charge in [-0.05, 0) is 37.6 Å². The third kappa shape index (κ3) is 4.09. The second-order valence-electron chi connectivity index (χ2n) is 8.53. The maximum absolute atomic E-state index is 12.5. The summed E-state index contributed by atoms with van der Waals surface area (Å²) >= 11 is 0. The lowest BCUT2D eigenvalue weighted by Gasteiger charge is -2.23. The Bertz CT molecular complexity index is 1070. The Morgan fingerprint density at radius 1 is 1.33 bits per heavy atom. The molecule has 0 saturated carbocycles. The zero-order chi connectivity index (χ0) is 22.2. The predicted octanol–water partition coefficient (Wildman–Crippen LogP) is 3.09. The molecule has 4 N–H and O–H groups in total. The monoisotopic (exact) mass is 407 g/mol. The van der Waals surface area contributed by atoms with Gasteiger partial charge in [0.15, 0.2) is 0 Å². The van der Waals surface area contributed by atoms with E-state index in [1.807, 2.05) is 38.1 Å². The molecule has 158 valence electrons. The third-order valence-electron chi connectivity index (χ3n) is 5.59. The quantitative estimate of drug-likeness (QED) is 0.438. The zero-order valence-corrected chi connectivity index (χ0v) is 17.9. The van der Waals surface area contributed by atoms with Crippen LogP contribution < -0.4 is 10.6 Å². The summed E-state index contributed by atoms with van der Waals surface area (Å²) in [4.78, 5) is 28.0. The zero-order valence-electron chi connectivity index (χ0n) is 17.9. The van der Waals surface area contributed by atoms with Gasteiger partial charge in [-0.2, -0.15) is 0 Å². The minimum absolute atomic E-state index is 0.201. The number of aromatic nitrogens is 1. The van der Waals surface area contributed by atoms with Crippen molar-refractivity contribution in [3.05, 3.63) is 65.5 Å². The Kier molecular flexibility index (Phi) is 5.72. The Balaban J connectivity index is 2.18. The molecule has 0 radical (unpaired) electrons. The van der Waals surface area contributed by atoms with E-state index in [4.69, 9.17) is 0 Å². The highest BCUT2D eigenvalue weighted by atomic mass is 16.3. The smallest absolute Gasteiger partial charge is 0.268 e. The van der Waals surface area contributed by atoms with Crippen molar-refractivity contribution in [3.63, 3.8) is 0 Å². The van der Waals surface area contributed by atoms with Gasteiger partial charge in [-0.1, -0.05) is 38.1 Å². The van der Waals surface area contributed by atoms with Crippen LogP contribution in [0.2, 0.25) is 0 Å². The second-order valence-corrected chi connectivity index (χ2v) is 8.53. The van der Waals surface area contributed by atoms with E-state index in [1.54, 1.807) is 19.9 Å². The summed E-state index contributed by atoms with van der Waals surface area (Å²) in [5.41, 5.74) is 4.05. The molecular weight excluding hydrogens is 378 g/mol. The van der Waals surface area contributed by atoms with Crippen LogP contribution in [0.5, 0.6) is 0 Å². The first-order valence-electron chi connectivity index (χ1n) is 9.99. The molecule has 0 spiro atoms. The number of carbonyl (C=O) groups excluding carboxylic acids is 2. The first-order chi connectivity index (χ1) is 14.0. The fourth-order valence-corrected chi connectivity index (χ4v) is 3.43. The van der Waals surface area contributed by atoms with Gasteiger partial charge in [-0.15, -0.1) is 6.58 Å². The van der Waals surface area contributed by atoms with E-state index in [0.29, 0.717) is 12.0 Å². The first kappa shape index (κ1) is 21.6. The van der Waals surface area contributed by atoms with Crippen molar-refractivity contribution in [1.29, 1.82) is 0 Å². The molecule has 0 bridgehead atoms. The molecule has 1 aliphatic heterocycles. The van der Waals surface area contributed by atoms with Gasteiger partial charge in [0.05, 0.1) is 6.10 Å². The van der Waals surface area contributed by atoms with Crippen LogP contribution >= 0.6 is 0 Å². The average molecular weight is 408 g/mol. The molecule has 2 unspecified atom stereocenters. The van der Waals surface area contributed by atoms with Crippen LogP contribution in [-0.2, 0) is 21.4 Å². The van der Waals surface area contributed by atoms with Crippen LogP contribution in [-0.4, -0.2) is 34.1 Å². The van der Waals surface area contributed by atoms with Crippen LogP contribution in [0.3, 0.4) is 0 Å². The van der Waals surface area contributed by atoms with Crippen molar-refractivity contribution in [2.45, 2.75) is 51.7 Å². The Hall–Kier alpha value is -3.12. The highest BCUT2D eigenvalue weighted by Crippen LogP contribution is 2.34. The number of carbonyl (C=O) groups is 2. The van der Waals surface area contributed by atoms with Gasteiger partial charge in [-0.3, -0.25) is 9.59 Å². The molecule has 2 amide bonds. The van der Waals surface area contributed by atoms with Crippen molar-refractivity contribution >= 4 is 28.8 Å². The highest BCUT2D eigenvalue weighted by molar-refractivity contribution is 6.08. The second kappa shape index (κ2) is 7.95. The van der Waals surface area contributed by atoms with Gasteiger partial charge >= 0.3 is 0 Å². The first-order valence-corrected chi connectivity index (χ1v) is 9.99. The maximum Gasteiger partial charge on any atom is 0.268 e. The topological polar surface area (TPSA) is 94.2 Å². The maximum atomic E-state index is 12.5. The van der Waals surface area contributed by atoms with Crippen molar-refractivity contribution < 1.29 is 14.7 Å². The van der Waals surface area contributed by atoms with Crippen molar-refractivity contribution in [3.8, 4) is 0 Å². The molecule has 2 heterocycles. The lowest BCUT2D eigenvalue weighted by atomic mass is 9.86. The van der Waals surface area contributed by atoms with E-state index >= 15 is 0 Å². The average Bonchev–Trinajstić information content (AvgIpc) is 3.04. The summed E-state index contributed by atoms with van der Waals surface area (Å²) in [6, 6.07) is 5.35. The molecule has 2 aromatic rings. The number of aliphatic hydroxyl groups excluding tert-OH is 1. The number of amides is 2. The molecule has 3 rings (SSSR count). The fourth-order valence-electron chi connectivity index (χ4n) is 3.43.